The third kappa shape index (κ3) is 4.18. The highest BCUT2D eigenvalue weighted by atomic mass is 35.5. The van der Waals surface area contributed by atoms with Crippen LogP contribution in [0.4, 0.5) is 11.4 Å². The Labute approximate surface area is 174 Å². The van der Waals surface area contributed by atoms with Crippen molar-refractivity contribution in [2.45, 2.75) is 29.2 Å². The summed E-state index contributed by atoms with van der Waals surface area (Å²) in [6.07, 6.45) is 0.979. The molecule has 0 saturated carbocycles. The van der Waals surface area contributed by atoms with E-state index in [0.717, 1.165) is 27.6 Å². The van der Waals surface area contributed by atoms with Gasteiger partial charge in [-0.05, 0) is 61.4 Å². The molecule has 3 nitrogen and oxygen atoms in total. The second kappa shape index (κ2) is 8.29. The number of anilines is 2. The predicted octanol–water partition coefficient (Wildman–Crippen LogP) is 5.88. The van der Waals surface area contributed by atoms with E-state index in [0.29, 0.717) is 17.6 Å². The van der Waals surface area contributed by atoms with E-state index in [1.54, 1.807) is 11.8 Å². The van der Waals surface area contributed by atoms with Crippen LogP contribution in [0.1, 0.15) is 12.5 Å². The summed E-state index contributed by atoms with van der Waals surface area (Å²) >= 11 is 7.58. The van der Waals surface area contributed by atoms with Crippen molar-refractivity contribution in [3.05, 3.63) is 83.4 Å². The first-order valence-corrected chi connectivity index (χ1v) is 10.5. The molecule has 1 aliphatic rings. The number of rotatable bonds is 5. The smallest absolute Gasteiger partial charge is 0.243 e. The van der Waals surface area contributed by atoms with E-state index < -0.39 is 0 Å². The standard InChI is InChI=1S/C23H21ClN2OS/c1-16-14-17-6-2-4-8-21(17)26(16)15-23(27)25-20-7-3-5-9-22(20)28-19-12-10-18(24)11-13-19/h2-13,16H,14-15H2,1H3,(H,25,27). The van der Waals surface area contributed by atoms with E-state index in [4.69, 9.17) is 11.6 Å². The normalized spacial score (nSPS) is 15.4. The molecule has 3 aromatic carbocycles. The Morgan fingerprint density at radius 1 is 1.07 bits per heavy atom. The van der Waals surface area contributed by atoms with Gasteiger partial charge in [0.1, 0.15) is 0 Å². The van der Waals surface area contributed by atoms with Crippen LogP contribution in [0, 0.1) is 0 Å². The Hall–Kier alpha value is -2.43. The van der Waals surface area contributed by atoms with E-state index >= 15 is 0 Å². The number of carbonyl (C=O) groups is 1. The van der Waals surface area contributed by atoms with Gasteiger partial charge in [-0.15, -0.1) is 0 Å². The van der Waals surface area contributed by atoms with Gasteiger partial charge in [0, 0.05) is 26.5 Å². The maximum Gasteiger partial charge on any atom is 0.243 e. The van der Waals surface area contributed by atoms with Crippen molar-refractivity contribution in [3.63, 3.8) is 0 Å². The zero-order valence-electron chi connectivity index (χ0n) is 15.6. The van der Waals surface area contributed by atoms with Crippen LogP contribution >= 0.6 is 23.4 Å². The Balaban J connectivity index is 1.47. The first-order valence-electron chi connectivity index (χ1n) is 9.27. The average Bonchev–Trinajstić information content (AvgIpc) is 3.00. The quantitative estimate of drug-likeness (QED) is 0.572. The van der Waals surface area contributed by atoms with Gasteiger partial charge < -0.3 is 10.2 Å². The molecule has 1 aliphatic heterocycles. The van der Waals surface area contributed by atoms with Crippen molar-refractivity contribution in [3.8, 4) is 0 Å². The highest BCUT2D eigenvalue weighted by Gasteiger charge is 2.27. The molecule has 142 valence electrons. The number of benzene rings is 3. The fraction of sp³-hybridized carbons (Fsp3) is 0.174. The molecule has 1 atom stereocenters. The molecule has 0 bridgehead atoms. The van der Waals surface area contributed by atoms with Crippen LogP contribution in [0.15, 0.2) is 82.6 Å². The van der Waals surface area contributed by atoms with E-state index in [-0.39, 0.29) is 5.91 Å². The maximum atomic E-state index is 12.8. The number of amides is 1. The molecule has 28 heavy (non-hydrogen) atoms. The summed E-state index contributed by atoms with van der Waals surface area (Å²) in [6.45, 7) is 2.51. The highest BCUT2D eigenvalue weighted by molar-refractivity contribution is 7.99. The van der Waals surface area contributed by atoms with E-state index in [9.17, 15) is 4.79 Å². The first-order chi connectivity index (χ1) is 13.6. The van der Waals surface area contributed by atoms with Gasteiger partial charge in [-0.3, -0.25) is 4.79 Å². The molecule has 0 fully saturated rings. The molecule has 0 spiro atoms. The Morgan fingerprint density at radius 2 is 1.79 bits per heavy atom. The molecule has 4 rings (SSSR count). The molecule has 0 saturated heterocycles. The summed E-state index contributed by atoms with van der Waals surface area (Å²) in [5.74, 6) is -0.00675. The molecule has 3 aromatic rings. The van der Waals surface area contributed by atoms with Crippen molar-refractivity contribution in [2.24, 2.45) is 0 Å². The second-order valence-electron chi connectivity index (χ2n) is 6.91. The van der Waals surface area contributed by atoms with Gasteiger partial charge in [0.2, 0.25) is 5.91 Å². The van der Waals surface area contributed by atoms with Crippen molar-refractivity contribution < 1.29 is 4.79 Å². The lowest BCUT2D eigenvalue weighted by molar-refractivity contribution is -0.115. The first kappa shape index (κ1) is 18.9. The van der Waals surface area contributed by atoms with E-state index in [2.05, 4.69) is 35.3 Å². The van der Waals surface area contributed by atoms with Gasteiger partial charge in [-0.1, -0.05) is 53.7 Å². The van der Waals surface area contributed by atoms with Crippen LogP contribution in [0.5, 0.6) is 0 Å². The molecular formula is C23H21ClN2OS. The molecule has 0 radical (unpaired) electrons. The second-order valence-corrected chi connectivity index (χ2v) is 8.46. The van der Waals surface area contributed by atoms with Gasteiger partial charge >= 0.3 is 0 Å². The lowest BCUT2D eigenvalue weighted by atomic mass is 10.1. The molecule has 5 heteroatoms. The third-order valence-corrected chi connectivity index (χ3v) is 6.20. The van der Waals surface area contributed by atoms with Gasteiger partial charge in [-0.25, -0.2) is 0 Å². The molecule has 0 aliphatic carbocycles. The summed E-state index contributed by atoms with van der Waals surface area (Å²) in [6, 6.07) is 24.2. The van der Waals surface area contributed by atoms with Gasteiger partial charge in [-0.2, -0.15) is 0 Å². The van der Waals surface area contributed by atoms with Crippen LogP contribution in [-0.2, 0) is 11.2 Å². The number of halogens is 1. The van der Waals surface area contributed by atoms with Crippen LogP contribution in [0.3, 0.4) is 0 Å². The SMILES string of the molecule is CC1Cc2ccccc2N1CC(=O)Nc1ccccc1Sc1ccc(Cl)cc1. The van der Waals surface area contributed by atoms with E-state index in [1.807, 2.05) is 54.6 Å². The van der Waals surface area contributed by atoms with Crippen molar-refractivity contribution in [1.82, 2.24) is 0 Å². The zero-order valence-corrected chi connectivity index (χ0v) is 17.1. The minimum absolute atomic E-state index is 0.00675. The third-order valence-electron chi connectivity index (χ3n) is 4.86. The number of carbonyl (C=O) groups excluding carboxylic acids is 1. The molecule has 1 amide bonds. The molecule has 0 aromatic heterocycles. The number of hydrogen-bond donors (Lipinski definition) is 1. The molecular weight excluding hydrogens is 388 g/mol. The Morgan fingerprint density at radius 3 is 2.61 bits per heavy atom. The maximum absolute atomic E-state index is 12.8. The van der Waals surface area contributed by atoms with Gasteiger partial charge in [0.05, 0.1) is 12.2 Å². The Bertz CT molecular complexity index is 990. The number of hydrogen-bond acceptors (Lipinski definition) is 3. The zero-order chi connectivity index (χ0) is 19.5. The molecule has 1 unspecified atom stereocenters. The van der Waals surface area contributed by atoms with Crippen molar-refractivity contribution >= 4 is 40.6 Å². The van der Waals surface area contributed by atoms with Crippen LogP contribution < -0.4 is 10.2 Å². The number of nitrogens with zero attached hydrogens (tertiary/aromatic N) is 1. The molecule has 1 N–H and O–H groups in total. The summed E-state index contributed by atoms with van der Waals surface area (Å²) in [4.78, 5) is 17.1. The average molecular weight is 409 g/mol. The lowest BCUT2D eigenvalue weighted by Crippen LogP contribution is -2.37. The predicted molar refractivity (Wildman–Crippen MR) is 118 cm³/mol. The highest BCUT2D eigenvalue weighted by Crippen LogP contribution is 2.34. The monoisotopic (exact) mass is 408 g/mol. The van der Waals surface area contributed by atoms with Crippen LogP contribution in [0.2, 0.25) is 5.02 Å². The summed E-state index contributed by atoms with van der Waals surface area (Å²) in [5, 5.41) is 3.81. The van der Waals surface area contributed by atoms with Gasteiger partial charge in [0.15, 0.2) is 0 Å². The van der Waals surface area contributed by atoms with Crippen LogP contribution in [0.25, 0.3) is 0 Å². The summed E-state index contributed by atoms with van der Waals surface area (Å²) in [5.41, 5.74) is 3.29. The summed E-state index contributed by atoms with van der Waals surface area (Å²) < 4.78 is 0. The number of para-hydroxylation sites is 2. The largest absolute Gasteiger partial charge is 0.359 e. The molecule has 1 heterocycles. The fourth-order valence-electron chi connectivity index (χ4n) is 3.50. The fourth-order valence-corrected chi connectivity index (χ4v) is 4.53. The summed E-state index contributed by atoms with van der Waals surface area (Å²) in [7, 11) is 0. The topological polar surface area (TPSA) is 32.3 Å². The van der Waals surface area contributed by atoms with Gasteiger partial charge in [0.25, 0.3) is 0 Å². The van der Waals surface area contributed by atoms with Crippen LogP contribution in [-0.4, -0.2) is 18.5 Å². The van der Waals surface area contributed by atoms with Crippen molar-refractivity contribution in [2.75, 3.05) is 16.8 Å². The number of nitrogens with one attached hydrogen (secondary N) is 1. The minimum atomic E-state index is -0.00675. The minimum Gasteiger partial charge on any atom is -0.359 e. The van der Waals surface area contributed by atoms with Crippen molar-refractivity contribution in [1.29, 1.82) is 0 Å². The Kier molecular flexibility index (Phi) is 5.60. The van der Waals surface area contributed by atoms with E-state index in [1.165, 1.54) is 5.56 Å². The number of fused-ring (bicyclic) bond motifs is 1. The lowest BCUT2D eigenvalue weighted by Gasteiger charge is -2.24.